The average molecular weight is 204 g/mol. The Balaban J connectivity index is 2.18. The summed E-state index contributed by atoms with van der Waals surface area (Å²) in [7, 11) is 0. The van der Waals surface area contributed by atoms with E-state index in [0.717, 1.165) is 16.9 Å². The summed E-state index contributed by atoms with van der Waals surface area (Å²) in [5.41, 5.74) is 3.30. The first-order chi connectivity index (χ1) is 7.18. The van der Waals surface area contributed by atoms with E-state index >= 15 is 0 Å². The highest BCUT2D eigenvalue weighted by Crippen LogP contribution is 2.50. The topological polar surface area (TPSA) is 29.5 Å². The highest BCUT2D eigenvalue weighted by molar-refractivity contribution is 5.55. The summed E-state index contributed by atoms with van der Waals surface area (Å²) < 4.78 is 5.99. The zero-order valence-corrected chi connectivity index (χ0v) is 9.21. The minimum Gasteiger partial charge on any atom is -0.508 e. The Hall–Kier alpha value is -1.18. The minimum atomic E-state index is 0.375. The van der Waals surface area contributed by atoms with E-state index in [0.29, 0.717) is 17.8 Å². The van der Waals surface area contributed by atoms with Gasteiger partial charge in [-0.1, -0.05) is 0 Å². The molecule has 15 heavy (non-hydrogen) atoms. The number of aromatic hydroxyl groups is 1. The summed E-state index contributed by atoms with van der Waals surface area (Å²) in [6, 6.07) is 1.91. The van der Waals surface area contributed by atoms with Crippen LogP contribution in [0.25, 0.3) is 0 Å². The third-order valence-corrected chi connectivity index (χ3v) is 3.96. The highest BCUT2D eigenvalue weighted by Gasteiger charge is 2.39. The lowest BCUT2D eigenvalue weighted by Gasteiger charge is -2.11. The lowest BCUT2D eigenvalue weighted by molar-refractivity contribution is 0.224. The number of phenolic OH excluding ortho intramolecular Hbond substituents is 1. The van der Waals surface area contributed by atoms with Gasteiger partial charge in [-0.25, -0.2) is 0 Å². The number of ether oxygens (including phenoxy) is 1. The molecule has 2 aliphatic rings. The fraction of sp³-hybridized carbons (Fsp3) is 0.538. The Morgan fingerprint density at radius 2 is 2.07 bits per heavy atom. The van der Waals surface area contributed by atoms with E-state index < -0.39 is 0 Å². The smallest absolute Gasteiger partial charge is 0.126 e. The van der Waals surface area contributed by atoms with Gasteiger partial charge in [0.15, 0.2) is 0 Å². The van der Waals surface area contributed by atoms with Crippen molar-refractivity contribution in [3.05, 3.63) is 22.8 Å². The molecule has 1 aliphatic carbocycles. The zero-order chi connectivity index (χ0) is 10.6. The van der Waals surface area contributed by atoms with Crippen molar-refractivity contribution in [2.24, 2.45) is 0 Å². The molecular formula is C13H16O2. The Morgan fingerprint density at radius 3 is 2.87 bits per heavy atom. The maximum absolute atomic E-state index is 9.83. The van der Waals surface area contributed by atoms with Crippen LogP contribution in [0.1, 0.15) is 41.9 Å². The van der Waals surface area contributed by atoms with Gasteiger partial charge in [-0.05, 0) is 50.3 Å². The standard InChI is InChI=1S/C13H16O2/c1-7-8(2)13-10(6-11(7)14)9-4-3-5-12(9)15-13/h6,9,12,14H,3-5H2,1-2H3/t9-,12-/m1/s1. The molecule has 0 bridgehead atoms. The molecule has 0 saturated heterocycles. The predicted molar refractivity (Wildman–Crippen MR) is 58.6 cm³/mol. The van der Waals surface area contributed by atoms with Crippen LogP contribution < -0.4 is 4.74 Å². The van der Waals surface area contributed by atoms with Crippen LogP contribution in [-0.2, 0) is 0 Å². The lowest BCUT2D eigenvalue weighted by Crippen LogP contribution is -2.11. The molecule has 0 spiro atoms. The summed E-state index contributed by atoms with van der Waals surface area (Å²) in [5, 5.41) is 9.83. The van der Waals surface area contributed by atoms with Crippen LogP contribution in [0.4, 0.5) is 0 Å². The first-order valence-corrected chi connectivity index (χ1v) is 5.68. The van der Waals surface area contributed by atoms with Crippen LogP contribution in [0, 0.1) is 13.8 Å². The molecule has 1 N–H and O–H groups in total. The fourth-order valence-corrected chi connectivity index (χ4v) is 2.91. The zero-order valence-electron chi connectivity index (χ0n) is 9.21. The molecule has 0 radical (unpaired) electrons. The molecular weight excluding hydrogens is 188 g/mol. The van der Waals surface area contributed by atoms with Gasteiger partial charge in [0.25, 0.3) is 0 Å². The molecule has 0 aromatic heterocycles. The number of hydrogen-bond acceptors (Lipinski definition) is 2. The van der Waals surface area contributed by atoms with Crippen molar-refractivity contribution in [2.45, 2.75) is 45.1 Å². The molecule has 2 nitrogen and oxygen atoms in total. The molecule has 2 atom stereocenters. The van der Waals surface area contributed by atoms with Gasteiger partial charge in [0.2, 0.25) is 0 Å². The first-order valence-electron chi connectivity index (χ1n) is 5.68. The number of rotatable bonds is 0. The molecule has 1 aromatic rings. The van der Waals surface area contributed by atoms with Crippen molar-refractivity contribution in [1.82, 2.24) is 0 Å². The van der Waals surface area contributed by atoms with Crippen LogP contribution >= 0.6 is 0 Å². The van der Waals surface area contributed by atoms with Gasteiger partial charge >= 0.3 is 0 Å². The Kier molecular flexibility index (Phi) is 1.76. The number of benzene rings is 1. The third-order valence-electron chi connectivity index (χ3n) is 3.96. The second kappa shape index (κ2) is 2.91. The van der Waals surface area contributed by atoms with Crippen LogP contribution in [0.15, 0.2) is 6.07 Å². The number of fused-ring (bicyclic) bond motifs is 3. The van der Waals surface area contributed by atoms with Crippen LogP contribution in [0.2, 0.25) is 0 Å². The van der Waals surface area contributed by atoms with Crippen LogP contribution in [0.3, 0.4) is 0 Å². The molecule has 0 unspecified atom stereocenters. The summed E-state index contributed by atoms with van der Waals surface area (Å²) in [4.78, 5) is 0. The van der Waals surface area contributed by atoms with E-state index in [1.54, 1.807) is 0 Å². The average Bonchev–Trinajstić information content (AvgIpc) is 2.76. The van der Waals surface area contributed by atoms with Crippen molar-refractivity contribution in [3.63, 3.8) is 0 Å². The van der Waals surface area contributed by atoms with Crippen molar-refractivity contribution in [3.8, 4) is 11.5 Å². The molecule has 0 amide bonds. The normalized spacial score (nSPS) is 27.3. The van der Waals surface area contributed by atoms with Crippen LogP contribution in [0.5, 0.6) is 11.5 Å². The predicted octanol–water partition coefficient (Wildman–Crippen LogP) is 3.04. The summed E-state index contributed by atoms with van der Waals surface area (Å²) in [6.07, 6.45) is 4.00. The fourth-order valence-electron chi connectivity index (χ4n) is 2.91. The Labute approximate surface area is 89.9 Å². The van der Waals surface area contributed by atoms with Gasteiger partial charge < -0.3 is 9.84 Å². The van der Waals surface area contributed by atoms with E-state index in [1.807, 2.05) is 19.9 Å². The molecule has 3 rings (SSSR count). The maximum Gasteiger partial charge on any atom is 0.126 e. The second-order valence-corrected chi connectivity index (χ2v) is 4.76. The third kappa shape index (κ3) is 1.11. The molecule has 1 aliphatic heterocycles. The monoisotopic (exact) mass is 204 g/mol. The molecule has 1 aromatic carbocycles. The summed E-state index contributed by atoms with van der Waals surface area (Å²) in [5.74, 6) is 1.99. The van der Waals surface area contributed by atoms with E-state index in [2.05, 4.69) is 0 Å². The molecule has 1 heterocycles. The number of phenols is 1. The van der Waals surface area contributed by atoms with E-state index in [4.69, 9.17) is 4.74 Å². The largest absolute Gasteiger partial charge is 0.508 e. The highest BCUT2D eigenvalue weighted by atomic mass is 16.5. The van der Waals surface area contributed by atoms with Gasteiger partial charge in [-0.3, -0.25) is 0 Å². The molecule has 1 saturated carbocycles. The van der Waals surface area contributed by atoms with Gasteiger partial charge in [-0.15, -0.1) is 0 Å². The number of hydrogen-bond donors (Lipinski definition) is 1. The SMILES string of the molecule is Cc1c(O)cc2c(c1C)O[C@@H]1CCC[C@H]21. The Morgan fingerprint density at radius 1 is 1.27 bits per heavy atom. The van der Waals surface area contributed by atoms with E-state index in [-0.39, 0.29) is 0 Å². The lowest BCUT2D eigenvalue weighted by atomic mass is 9.94. The molecule has 2 heteroatoms. The Bertz CT molecular complexity index is 423. The van der Waals surface area contributed by atoms with Crippen LogP contribution in [-0.4, -0.2) is 11.2 Å². The van der Waals surface area contributed by atoms with Gasteiger partial charge in [0, 0.05) is 11.5 Å². The molecule has 80 valence electrons. The van der Waals surface area contributed by atoms with E-state index in [1.165, 1.54) is 24.8 Å². The minimum absolute atomic E-state index is 0.375. The van der Waals surface area contributed by atoms with Crippen molar-refractivity contribution < 1.29 is 9.84 Å². The molecule has 1 fully saturated rings. The van der Waals surface area contributed by atoms with Crippen molar-refractivity contribution in [1.29, 1.82) is 0 Å². The maximum atomic E-state index is 9.83. The van der Waals surface area contributed by atoms with Crippen molar-refractivity contribution >= 4 is 0 Å². The summed E-state index contributed by atoms with van der Waals surface area (Å²) >= 11 is 0. The van der Waals surface area contributed by atoms with Gasteiger partial charge in [0.1, 0.15) is 17.6 Å². The first kappa shape index (κ1) is 9.08. The summed E-state index contributed by atoms with van der Waals surface area (Å²) in [6.45, 7) is 3.98. The second-order valence-electron chi connectivity index (χ2n) is 4.76. The van der Waals surface area contributed by atoms with Gasteiger partial charge in [0.05, 0.1) is 0 Å². The quantitative estimate of drug-likeness (QED) is 0.703. The van der Waals surface area contributed by atoms with E-state index in [9.17, 15) is 5.11 Å². The van der Waals surface area contributed by atoms with Gasteiger partial charge in [-0.2, -0.15) is 0 Å². The van der Waals surface area contributed by atoms with Crippen molar-refractivity contribution in [2.75, 3.05) is 0 Å².